The highest BCUT2D eigenvalue weighted by atomic mass is 79.9. The monoisotopic (exact) mass is 429 g/mol. The second kappa shape index (κ2) is 7.92. The van der Waals surface area contributed by atoms with Crippen molar-refractivity contribution in [3.8, 4) is 0 Å². The smallest absolute Gasteiger partial charge is 0.325 e. The van der Waals surface area contributed by atoms with Crippen molar-refractivity contribution in [2.24, 2.45) is 0 Å². The van der Waals surface area contributed by atoms with Gasteiger partial charge in [0.2, 0.25) is 5.91 Å². The first-order chi connectivity index (χ1) is 12.9. The summed E-state index contributed by atoms with van der Waals surface area (Å²) in [4.78, 5) is 38.3. The number of aromatic nitrogens is 2. The van der Waals surface area contributed by atoms with Gasteiger partial charge in [-0.3, -0.25) is 18.7 Å². The van der Waals surface area contributed by atoms with Crippen molar-refractivity contribution in [1.82, 2.24) is 9.13 Å². The van der Waals surface area contributed by atoms with E-state index in [1.165, 1.54) is 9.13 Å². The number of hydrogen-bond donors (Lipinski definition) is 1. The van der Waals surface area contributed by atoms with Crippen LogP contribution in [-0.4, -0.2) is 15.0 Å². The molecule has 0 fully saturated rings. The lowest BCUT2D eigenvalue weighted by atomic mass is 10.2. The molecule has 27 heavy (non-hydrogen) atoms. The van der Waals surface area contributed by atoms with E-state index in [4.69, 9.17) is 0 Å². The van der Waals surface area contributed by atoms with Crippen molar-refractivity contribution in [3.05, 3.63) is 73.8 Å². The number of nitrogens with one attached hydrogen (secondary N) is 1. The Morgan fingerprint density at radius 3 is 2.44 bits per heavy atom. The normalized spacial score (nSPS) is 12.1. The van der Waals surface area contributed by atoms with E-state index in [-0.39, 0.29) is 24.1 Å². The molecule has 1 heterocycles. The third-order valence-corrected chi connectivity index (χ3v) is 5.07. The van der Waals surface area contributed by atoms with Crippen LogP contribution in [0.1, 0.15) is 26.3 Å². The van der Waals surface area contributed by atoms with E-state index < -0.39 is 5.69 Å². The number of carbonyl (C=O) groups is 1. The fourth-order valence-corrected chi connectivity index (χ4v) is 3.21. The molecular formula is C20H20BrN3O3. The van der Waals surface area contributed by atoms with Gasteiger partial charge in [0.05, 0.1) is 10.9 Å². The van der Waals surface area contributed by atoms with Crippen LogP contribution in [0, 0.1) is 0 Å². The quantitative estimate of drug-likeness (QED) is 0.673. The lowest BCUT2D eigenvalue weighted by Gasteiger charge is -2.17. The van der Waals surface area contributed by atoms with E-state index in [9.17, 15) is 14.4 Å². The zero-order valence-corrected chi connectivity index (χ0v) is 16.7. The minimum atomic E-state index is -0.473. The van der Waals surface area contributed by atoms with Crippen LogP contribution in [0.25, 0.3) is 10.9 Å². The third-order valence-electron chi connectivity index (χ3n) is 4.54. The number of carbonyl (C=O) groups excluding carboxylic acids is 1. The molecule has 6 nitrogen and oxygen atoms in total. The Labute approximate surface area is 164 Å². The topological polar surface area (TPSA) is 73.1 Å². The molecule has 1 aromatic heterocycles. The zero-order valence-electron chi connectivity index (χ0n) is 15.1. The first-order valence-electron chi connectivity index (χ1n) is 8.72. The summed E-state index contributed by atoms with van der Waals surface area (Å²) in [6.07, 6.45) is 0.637. The molecule has 0 radical (unpaired) electrons. The van der Waals surface area contributed by atoms with E-state index in [1.807, 2.05) is 26.0 Å². The van der Waals surface area contributed by atoms with Crippen LogP contribution in [0.4, 0.5) is 5.69 Å². The summed E-state index contributed by atoms with van der Waals surface area (Å²) >= 11 is 3.35. The molecule has 7 heteroatoms. The van der Waals surface area contributed by atoms with Crippen molar-refractivity contribution in [1.29, 1.82) is 0 Å². The minimum Gasteiger partial charge on any atom is -0.325 e. The summed E-state index contributed by atoms with van der Waals surface area (Å²) < 4.78 is 3.50. The van der Waals surface area contributed by atoms with Gasteiger partial charge in [-0.15, -0.1) is 0 Å². The molecule has 3 rings (SSSR count). The number of hydrogen-bond acceptors (Lipinski definition) is 3. The van der Waals surface area contributed by atoms with Crippen LogP contribution in [0.3, 0.4) is 0 Å². The Kier molecular flexibility index (Phi) is 5.60. The summed E-state index contributed by atoms with van der Waals surface area (Å²) in [6.45, 7) is 3.56. The molecule has 140 valence electrons. The maximum Gasteiger partial charge on any atom is 0.332 e. The summed E-state index contributed by atoms with van der Waals surface area (Å²) in [7, 11) is 0. The maximum atomic E-state index is 13.0. The van der Waals surface area contributed by atoms with Crippen LogP contribution in [0.2, 0.25) is 0 Å². The van der Waals surface area contributed by atoms with Gasteiger partial charge in [-0.1, -0.05) is 35.0 Å². The van der Waals surface area contributed by atoms with Crippen molar-refractivity contribution >= 4 is 38.4 Å². The van der Waals surface area contributed by atoms with E-state index in [0.29, 0.717) is 23.0 Å². The number of nitrogens with zero attached hydrogens (tertiary/aromatic N) is 2. The van der Waals surface area contributed by atoms with Gasteiger partial charge in [0.15, 0.2) is 0 Å². The van der Waals surface area contributed by atoms with Crippen molar-refractivity contribution in [2.45, 2.75) is 32.9 Å². The Morgan fingerprint density at radius 2 is 1.78 bits per heavy atom. The molecule has 0 aliphatic rings. The highest BCUT2D eigenvalue weighted by Gasteiger charge is 2.17. The molecule has 0 aliphatic carbocycles. The number of halogens is 1. The fraction of sp³-hybridized carbons (Fsp3) is 0.250. The average molecular weight is 430 g/mol. The van der Waals surface area contributed by atoms with Gasteiger partial charge >= 0.3 is 5.69 Å². The Hall–Kier alpha value is -2.67. The van der Waals surface area contributed by atoms with Crippen molar-refractivity contribution in [3.63, 3.8) is 0 Å². The molecule has 0 saturated carbocycles. The molecule has 0 saturated heterocycles. The van der Waals surface area contributed by atoms with E-state index in [2.05, 4.69) is 21.2 Å². The number of amides is 1. The number of para-hydroxylation sites is 1. The van der Waals surface area contributed by atoms with Gasteiger partial charge in [-0.2, -0.15) is 0 Å². The fourth-order valence-electron chi connectivity index (χ4n) is 2.94. The first kappa shape index (κ1) is 19.1. The summed E-state index contributed by atoms with van der Waals surface area (Å²) in [5.74, 6) is -0.334. The van der Waals surface area contributed by atoms with Crippen LogP contribution in [0.15, 0.2) is 62.6 Å². The van der Waals surface area contributed by atoms with E-state index >= 15 is 0 Å². The maximum absolute atomic E-state index is 13.0. The van der Waals surface area contributed by atoms with Crippen LogP contribution < -0.4 is 16.6 Å². The summed E-state index contributed by atoms with van der Waals surface area (Å²) in [5.41, 5.74) is 0.294. The summed E-state index contributed by atoms with van der Waals surface area (Å²) in [6, 6.07) is 13.8. The minimum absolute atomic E-state index is 0.174. The predicted molar refractivity (Wildman–Crippen MR) is 110 cm³/mol. The second-order valence-corrected chi connectivity index (χ2v) is 7.29. The molecule has 0 spiro atoms. The Bertz CT molecular complexity index is 1100. The number of rotatable bonds is 5. The molecule has 1 N–H and O–H groups in total. The van der Waals surface area contributed by atoms with Gasteiger partial charge in [0.25, 0.3) is 5.56 Å². The molecule has 1 amide bonds. The average Bonchev–Trinajstić information content (AvgIpc) is 2.67. The van der Waals surface area contributed by atoms with E-state index in [0.717, 1.165) is 4.47 Å². The number of fused-ring (bicyclic) bond motifs is 1. The second-order valence-electron chi connectivity index (χ2n) is 6.37. The summed E-state index contributed by atoms with van der Waals surface area (Å²) in [5, 5.41) is 3.20. The first-order valence-corrected chi connectivity index (χ1v) is 9.51. The molecule has 0 aliphatic heterocycles. The van der Waals surface area contributed by atoms with Crippen molar-refractivity contribution in [2.75, 3.05) is 5.32 Å². The molecule has 0 unspecified atom stereocenters. The predicted octanol–water partition coefficient (Wildman–Crippen LogP) is 3.54. The zero-order chi connectivity index (χ0) is 19.6. The van der Waals surface area contributed by atoms with Gasteiger partial charge in [0.1, 0.15) is 6.54 Å². The number of benzene rings is 2. The van der Waals surface area contributed by atoms with Gasteiger partial charge in [0, 0.05) is 16.2 Å². The van der Waals surface area contributed by atoms with Gasteiger partial charge in [-0.25, -0.2) is 4.79 Å². The highest BCUT2D eigenvalue weighted by molar-refractivity contribution is 9.10. The SMILES string of the molecule is CC[C@H](C)n1c(=O)c2ccccc2n(CC(=O)Nc2ccc(Br)cc2)c1=O. The molecule has 1 atom stereocenters. The van der Waals surface area contributed by atoms with Gasteiger partial charge in [-0.05, 0) is 49.7 Å². The van der Waals surface area contributed by atoms with Crippen LogP contribution >= 0.6 is 15.9 Å². The third kappa shape index (κ3) is 3.88. The Balaban J connectivity index is 2.05. The van der Waals surface area contributed by atoms with Crippen LogP contribution in [0.5, 0.6) is 0 Å². The molecule has 0 bridgehead atoms. The molecular weight excluding hydrogens is 410 g/mol. The number of anilines is 1. The van der Waals surface area contributed by atoms with E-state index in [1.54, 1.807) is 36.4 Å². The molecule has 2 aromatic carbocycles. The lowest BCUT2D eigenvalue weighted by molar-refractivity contribution is -0.116. The molecule has 3 aromatic rings. The highest BCUT2D eigenvalue weighted by Crippen LogP contribution is 2.15. The standard InChI is InChI=1S/C20H20BrN3O3/c1-3-13(2)24-19(26)16-6-4-5-7-17(16)23(20(24)27)12-18(25)22-15-10-8-14(21)9-11-15/h4-11,13H,3,12H2,1-2H3,(H,22,25)/t13-/m0/s1. The largest absolute Gasteiger partial charge is 0.332 e. The lowest BCUT2D eigenvalue weighted by Crippen LogP contribution is -2.43. The van der Waals surface area contributed by atoms with Crippen molar-refractivity contribution < 1.29 is 4.79 Å². The van der Waals surface area contributed by atoms with Crippen LogP contribution in [-0.2, 0) is 11.3 Å². The Morgan fingerprint density at radius 1 is 1.11 bits per heavy atom. The van der Waals surface area contributed by atoms with Gasteiger partial charge < -0.3 is 5.32 Å².